The predicted molar refractivity (Wildman–Crippen MR) is 82.1 cm³/mol. The summed E-state index contributed by atoms with van der Waals surface area (Å²) < 4.78 is 0. The molecule has 7 heteroatoms. The topological polar surface area (TPSA) is 92.8 Å². The molecule has 21 heavy (non-hydrogen) atoms. The van der Waals surface area contributed by atoms with Gasteiger partial charge in [0.25, 0.3) is 0 Å². The zero-order chi connectivity index (χ0) is 14.7. The Morgan fingerprint density at radius 3 is 2.86 bits per heavy atom. The summed E-state index contributed by atoms with van der Waals surface area (Å²) in [6.07, 6.45) is 5.73. The quantitative estimate of drug-likeness (QED) is 0.876. The van der Waals surface area contributed by atoms with E-state index in [0.29, 0.717) is 12.0 Å². The summed E-state index contributed by atoms with van der Waals surface area (Å²) in [4.78, 5) is 19.1. The van der Waals surface area contributed by atoms with Gasteiger partial charge in [0.05, 0.1) is 0 Å². The molecule has 1 fully saturated rings. The third kappa shape index (κ3) is 3.36. The van der Waals surface area contributed by atoms with E-state index in [1.165, 1.54) is 0 Å². The molecule has 0 amide bonds. The second-order valence-electron chi connectivity index (χ2n) is 5.23. The molecule has 3 rings (SSSR count). The van der Waals surface area contributed by atoms with Crippen molar-refractivity contribution in [3.05, 3.63) is 30.2 Å². The van der Waals surface area contributed by atoms with Crippen molar-refractivity contribution in [2.75, 3.05) is 29.0 Å². The average molecular weight is 285 g/mol. The molecule has 0 aromatic carbocycles. The molecule has 1 atom stereocenters. The third-order valence-corrected chi connectivity index (χ3v) is 3.48. The number of anilines is 3. The van der Waals surface area contributed by atoms with Crippen molar-refractivity contribution >= 4 is 17.7 Å². The largest absolute Gasteiger partial charge is 0.368 e. The minimum Gasteiger partial charge on any atom is -0.368 e. The van der Waals surface area contributed by atoms with Crippen molar-refractivity contribution in [1.29, 1.82) is 0 Å². The van der Waals surface area contributed by atoms with Gasteiger partial charge in [-0.2, -0.15) is 4.98 Å². The van der Waals surface area contributed by atoms with Crippen molar-refractivity contribution < 1.29 is 0 Å². The molecule has 0 radical (unpaired) electrons. The molecule has 1 saturated heterocycles. The number of hydrogen-bond acceptors (Lipinski definition) is 7. The van der Waals surface area contributed by atoms with Crippen LogP contribution in [0.15, 0.2) is 24.5 Å². The van der Waals surface area contributed by atoms with E-state index in [-0.39, 0.29) is 0 Å². The molecule has 0 aliphatic carbocycles. The highest BCUT2D eigenvalue weighted by Gasteiger charge is 2.21. The zero-order valence-electron chi connectivity index (χ0n) is 12.0. The van der Waals surface area contributed by atoms with Crippen LogP contribution in [0.5, 0.6) is 0 Å². The van der Waals surface area contributed by atoms with E-state index < -0.39 is 0 Å². The van der Waals surface area contributed by atoms with Gasteiger partial charge in [-0.05, 0) is 25.8 Å². The lowest BCUT2D eigenvalue weighted by atomic mass is 10.1. The van der Waals surface area contributed by atoms with Gasteiger partial charge in [-0.15, -0.1) is 0 Å². The average Bonchev–Trinajstić information content (AvgIpc) is 2.47. The van der Waals surface area contributed by atoms with Crippen molar-refractivity contribution in [1.82, 2.24) is 19.9 Å². The Hall–Kier alpha value is -2.44. The van der Waals surface area contributed by atoms with Crippen LogP contribution in [-0.2, 0) is 0 Å². The van der Waals surface area contributed by atoms with E-state index in [9.17, 15) is 0 Å². The highest BCUT2D eigenvalue weighted by Crippen LogP contribution is 2.18. The molecule has 1 aliphatic heterocycles. The molecule has 0 saturated carbocycles. The summed E-state index contributed by atoms with van der Waals surface area (Å²) in [5.74, 6) is 1.86. The van der Waals surface area contributed by atoms with Gasteiger partial charge in [0.1, 0.15) is 5.82 Å². The van der Waals surface area contributed by atoms with E-state index in [0.717, 1.165) is 43.4 Å². The molecule has 2 aromatic heterocycles. The normalized spacial score (nSPS) is 18.5. The number of nitrogens with zero attached hydrogens (tertiary/aromatic N) is 5. The number of nitrogens with one attached hydrogen (secondary N) is 1. The van der Waals surface area contributed by atoms with Gasteiger partial charge in [0.15, 0.2) is 0 Å². The summed E-state index contributed by atoms with van der Waals surface area (Å²) in [6.45, 7) is 3.74. The summed E-state index contributed by atoms with van der Waals surface area (Å²) in [7, 11) is 0. The van der Waals surface area contributed by atoms with Crippen LogP contribution in [-0.4, -0.2) is 39.1 Å². The lowest BCUT2D eigenvalue weighted by Crippen LogP contribution is -2.43. The monoisotopic (exact) mass is 285 g/mol. The molecule has 0 spiro atoms. The summed E-state index contributed by atoms with van der Waals surface area (Å²) in [5.41, 5.74) is 6.56. The molecule has 1 aliphatic rings. The van der Waals surface area contributed by atoms with Crippen LogP contribution in [0.4, 0.5) is 17.7 Å². The van der Waals surface area contributed by atoms with Crippen LogP contribution >= 0.6 is 0 Å². The number of rotatable bonds is 3. The van der Waals surface area contributed by atoms with Gasteiger partial charge in [-0.3, -0.25) is 0 Å². The van der Waals surface area contributed by atoms with Gasteiger partial charge in [0.2, 0.25) is 11.9 Å². The fraction of sp³-hybridized carbons (Fsp3) is 0.429. The number of nitrogens with two attached hydrogens (primary N) is 1. The molecular weight excluding hydrogens is 266 g/mol. The van der Waals surface area contributed by atoms with Gasteiger partial charge in [-0.25, -0.2) is 15.0 Å². The number of aryl methyl sites for hydroxylation is 1. The van der Waals surface area contributed by atoms with Crippen LogP contribution in [0, 0.1) is 6.92 Å². The molecule has 2 aromatic rings. The Balaban J connectivity index is 1.69. The van der Waals surface area contributed by atoms with Crippen molar-refractivity contribution in [2.45, 2.75) is 25.8 Å². The minimum atomic E-state index is 0.302. The fourth-order valence-electron chi connectivity index (χ4n) is 2.61. The highest BCUT2D eigenvalue weighted by atomic mass is 15.3. The first-order valence-corrected chi connectivity index (χ1v) is 7.10. The summed E-state index contributed by atoms with van der Waals surface area (Å²) >= 11 is 0. The van der Waals surface area contributed by atoms with Gasteiger partial charge < -0.3 is 16.0 Å². The maximum atomic E-state index is 5.69. The number of hydrogen-bond donors (Lipinski definition) is 2. The fourth-order valence-corrected chi connectivity index (χ4v) is 2.61. The number of nitrogen functional groups attached to an aromatic ring is 1. The Morgan fingerprint density at radius 2 is 2.10 bits per heavy atom. The molecule has 3 heterocycles. The van der Waals surface area contributed by atoms with Crippen LogP contribution in [0.1, 0.15) is 18.5 Å². The Bertz CT molecular complexity index is 581. The minimum absolute atomic E-state index is 0.302. The lowest BCUT2D eigenvalue weighted by Gasteiger charge is -2.33. The highest BCUT2D eigenvalue weighted by molar-refractivity contribution is 5.42. The van der Waals surface area contributed by atoms with E-state index >= 15 is 0 Å². The van der Waals surface area contributed by atoms with Crippen LogP contribution < -0.4 is 16.0 Å². The van der Waals surface area contributed by atoms with Gasteiger partial charge >= 0.3 is 0 Å². The zero-order valence-corrected chi connectivity index (χ0v) is 12.0. The van der Waals surface area contributed by atoms with Crippen LogP contribution in [0.25, 0.3) is 0 Å². The maximum absolute atomic E-state index is 5.69. The molecular formula is C14H19N7. The Labute approximate surface area is 123 Å². The van der Waals surface area contributed by atoms with Crippen molar-refractivity contribution in [2.24, 2.45) is 0 Å². The standard InChI is InChI=1S/C14H19N7/c1-10-8-12(20-13(15)18-10)19-11-4-2-7-21(9-11)14-16-5-3-6-17-14/h3,5-6,8,11H,2,4,7,9H2,1H3,(H3,15,18,19,20)/t11-/m1/s1. The molecule has 0 unspecified atom stereocenters. The van der Waals surface area contributed by atoms with Gasteiger partial charge in [-0.1, -0.05) is 0 Å². The first kappa shape index (κ1) is 13.5. The summed E-state index contributed by atoms with van der Waals surface area (Å²) in [5, 5.41) is 3.43. The van der Waals surface area contributed by atoms with Gasteiger partial charge in [0, 0.05) is 43.3 Å². The Morgan fingerprint density at radius 1 is 1.29 bits per heavy atom. The molecule has 0 bridgehead atoms. The number of piperidine rings is 1. The van der Waals surface area contributed by atoms with E-state index in [1.807, 2.05) is 19.1 Å². The second kappa shape index (κ2) is 5.90. The second-order valence-corrected chi connectivity index (χ2v) is 5.23. The smallest absolute Gasteiger partial charge is 0.225 e. The molecule has 7 nitrogen and oxygen atoms in total. The van der Waals surface area contributed by atoms with Crippen LogP contribution in [0.3, 0.4) is 0 Å². The lowest BCUT2D eigenvalue weighted by molar-refractivity contribution is 0.521. The van der Waals surface area contributed by atoms with Crippen LogP contribution in [0.2, 0.25) is 0 Å². The van der Waals surface area contributed by atoms with E-state index in [4.69, 9.17) is 5.73 Å². The SMILES string of the molecule is Cc1cc(N[C@@H]2CCCN(c3ncccn3)C2)nc(N)n1. The first-order valence-electron chi connectivity index (χ1n) is 7.10. The maximum Gasteiger partial charge on any atom is 0.225 e. The first-order chi connectivity index (χ1) is 10.2. The Kier molecular flexibility index (Phi) is 3.81. The third-order valence-electron chi connectivity index (χ3n) is 3.48. The van der Waals surface area contributed by atoms with E-state index in [1.54, 1.807) is 12.4 Å². The number of aromatic nitrogens is 4. The summed E-state index contributed by atoms with van der Waals surface area (Å²) in [6, 6.07) is 4.04. The van der Waals surface area contributed by atoms with Crippen molar-refractivity contribution in [3.8, 4) is 0 Å². The van der Waals surface area contributed by atoms with Crippen molar-refractivity contribution in [3.63, 3.8) is 0 Å². The van der Waals surface area contributed by atoms with E-state index in [2.05, 4.69) is 30.2 Å². The predicted octanol–water partition coefficient (Wildman–Crippen LogP) is 1.24. The molecule has 3 N–H and O–H groups in total. The molecule has 110 valence electrons.